The van der Waals surface area contributed by atoms with E-state index in [0.717, 1.165) is 10.6 Å². The van der Waals surface area contributed by atoms with Crippen LogP contribution in [0.15, 0.2) is 29.6 Å². The zero-order valence-electron chi connectivity index (χ0n) is 11.8. The first-order valence-electron chi connectivity index (χ1n) is 6.49. The second kappa shape index (κ2) is 6.49. The van der Waals surface area contributed by atoms with Crippen molar-refractivity contribution in [1.82, 2.24) is 10.3 Å². The number of aromatic nitrogens is 1. The molecule has 2 N–H and O–H groups in total. The maximum Gasteiger partial charge on any atom is 0.325 e. The van der Waals surface area contributed by atoms with Crippen LogP contribution >= 0.6 is 11.3 Å². The van der Waals surface area contributed by atoms with Gasteiger partial charge in [-0.15, -0.1) is 11.3 Å². The van der Waals surface area contributed by atoms with Gasteiger partial charge in [0.05, 0.1) is 5.01 Å². The molecule has 0 aliphatic heterocycles. The van der Waals surface area contributed by atoms with Crippen molar-refractivity contribution in [2.75, 3.05) is 0 Å². The summed E-state index contributed by atoms with van der Waals surface area (Å²) in [5.74, 6) is -1.53. The third-order valence-electron chi connectivity index (χ3n) is 2.98. The summed E-state index contributed by atoms with van der Waals surface area (Å²) in [5.41, 5.74) is 2.58. The van der Waals surface area contributed by atoms with E-state index in [4.69, 9.17) is 5.11 Å². The molecule has 0 saturated carbocycles. The fourth-order valence-corrected chi connectivity index (χ4v) is 2.52. The summed E-state index contributed by atoms with van der Waals surface area (Å²) in [6.45, 7) is 3.44. The van der Waals surface area contributed by atoms with Gasteiger partial charge in [0.15, 0.2) is 0 Å². The van der Waals surface area contributed by atoms with Crippen molar-refractivity contribution in [3.63, 3.8) is 0 Å². The van der Waals surface area contributed by atoms with Crippen LogP contribution in [0.25, 0.3) is 0 Å². The Bertz CT molecular complexity index is 649. The Hall–Kier alpha value is -2.21. The predicted molar refractivity (Wildman–Crippen MR) is 80.7 cm³/mol. The lowest BCUT2D eigenvalue weighted by Gasteiger charge is -2.06. The Morgan fingerprint density at radius 3 is 2.62 bits per heavy atom. The van der Waals surface area contributed by atoms with Gasteiger partial charge in [0.1, 0.15) is 11.7 Å². The molecule has 0 radical (unpaired) electrons. The predicted octanol–water partition coefficient (Wildman–Crippen LogP) is 2.25. The first kappa shape index (κ1) is 15.2. The maximum absolute atomic E-state index is 11.8. The molecule has 1 aromatic carbocycles. The van der Waals surface area contributed by atoms with Crippen LogP contribution in [0.4, 0.5) is 0 Å². The number of nitrogens with one attached hydrogen (secondary N) is 1. The highest BCUT2D eigenvalue weighted by atomic mass is 32.1. The highest BCUT2D eigenvalue weighted by Crippen LogP contribution is 2.15. The fraction of sp³-hybridized carbons (Fsp3) is 0.267. The molecular formula is C15H16N2O3S. The van der Waals surface area contributed by atoms with E-state index in [0.29, 0.717) is 6.42 Å². The molecule has 5 nitrogen and oxygen atoms in total. The van der Waals surface area contributed by atoms with E-state index in [9.17, 15) is 9.59 Å². The number of hydrogen-bond donors (Lipinski definition) is 2. The first-order chi connectivity index (χ1) is 9.95. The standard InChI is InChI=1S/C15H16N2O3S/c1-9-3-5-11(6-4-9)7-13-17-12(8-21-13)14(18)16-10(2)15(19)20/h3-6,8,10H,7H2,1-2H3,(H,16,18)(H,19,20). The van der Waals surface area contributed by atoms with Crippen molar-refractivity contribution in [2.24, 2.45) is 0 Å². The van der Waals surface area contributed by atoms with Crippen molar-refractivity contribution in [1.29, 1.82) is 0 Å². The van der Waals surface area contributed by atoms with Gasteiger partial charge in [0.25, 0.3) is 5.91 Å². The zero-order valence-corrected chi connectivity index (χ0v) is 12.6. The highest BCUT2D eigenvalue weighted by Gasteiger charge is 2.17. The second-order valence-electron chi connectivity index (χ2n) is 4.82. The fourth-order valence-electron chi connectivity index (χ4n) is 1.71. The highest BCUT2D eigenvalue weighted by molar-refractivity contribution is 7.09. The summed E-state index contributed by atoms with van der Waals surface area (Å²) >= 11 is 1.39. The minimum atomic E-state index is -1.07. The minimum Gasteiger partial charge on any atom is -0.480 e. The average Bonchev–Trinajstić information content (AvgIpc) is 2.90. The van der Waals surface area contributed by atoms with Gasteiger partial charge < -0.3 is 10.4 Å². The molecule has 1 amide bonds. The Morgan fingerprint density at radius 2 is 2.00 bits per heavy atom. The molecule has 1 heterocycles. The molecule has 1 unspecified atom stereocenters. The van der Waals surface area contributed by atoms with Crippen molar-refractivity contribution >= 4 is 23.2 Å². The SMILES string of the molecule is Cc1ccc(Cc2nc(C(=O)NC(C)C(=O)O)cs2)cc1. The molecule has 0 spiro atoms. The largest absolute Gasteiger partial charge is 0.480 e. The second-order valence-corrected chi connectivity index (χ2v) is 5.76. The van der Waals surface area contributed by atoms with Gasteiger partial charge in [0.2, 0.25) is 0 Å². The zero-order chi connectivity index (χ0) is 15.4. The number of carboxylic acids is 1. The van der Waals surface area contributed by atoms with Gasteiger partial charge in [-0.2, -0.15) is 0 Å². The average molecular weight is 304 g/mol. The quantitative estimate of drug-likeness (QED) is 0.888. The lowest BCUT2D eigenvalue weighted by atomic mass is 10.1. The Morgan fingerprint density at radius 1 is 1.33 bits per heavy atom. The topological polar surface area (TPSA) is 79.3 Å². The number of nitrogens with zero attached hydrogens (tertiary/aromatic N) is 1. The molecule has 0 bridgehead atoms. The smallest absolute Gasteiger partial charge is 0.325 e. The van der Waals surface area contributed by atoms with Crippen molar-refractivity contribution < 1.29 is 14.7 Å². The van der Waals surface area contributed by atoms with Crippen molar-refractivity contribution in [3.8, 4) is 0 Å². The van der Waals surface area contributed by atoms with Crippen LogP contribution in [0.5, 0.6) is 0 Å². The third kappa shape index (κ3) is 4.13. The number of carbonyl (C=O) groups is 2. The molecule has 2 rings (SSSR count). The number of carboxylic acid groups (broad SMARTS) is 1. The molecule has 2 aromatic rings. The monoisotopic (exact) mass is 304 g/mol. The summed E-state index contributed by atoms with van der Waals surface area (Å²) in [7, 11) is 0. The number of amides is 1. The van der Waals surface area contributed by atoms with Gasteiger partial charge in [-0.05, 0) is 19.4 Å². The van der Waals surface area contributed by atoms with Gasteiger partial charge >= 0.3 is 5.97 Å². The Balaban J connectivity index is 2.02. The van der Waals surface area contributed by atoms with E-state index in [-0.39, 0.29) is 5.69 Å². The molecule has 0 aliphatic rings. The number of benzene rings is 1. The number of aryl methyl sites for hydroxylation is 1. The van der Waals surface area contributed by atoms with Gasteiger partial charge in [-0.25, -0.2) is 4.98 Å². The van der Waals surface area contributed by atoms with Crippen LogP contribution < -0.4 is 5.32 Å². The van der Waals surface area contributed by atoms with Crippen LogP contribution in [0.1, 0.15) is 33.5 Å². The van der Waals surface area contributed by atoms with Crippen molar-refractivity contribution in [2.45, 2.75) is 26.3 Å². The molecule has 0 saturated heterocycles. The van der Waals surface area contributed by atoms with Gasteiger partial charge in [-0.1, -0.05) is 29.8 Å². The molecule has 1 aromatic heterocycles. The molecule has 0 aliphatic carbocycles. The summed E-state index contributed by atoms with van der Waals surface area (Å²) in [6.07, 6.45) is 0.659. The summed E-state index contributed by atoms with van der Waals surface area (Å²) in [4.78, 5) is 26.8. The van der Waals surface area contributed by atoms with Crippen LogP contribution in [-0.4, -0.2) is 28.0 Å². The number of carbonyl (C=O) groups excluding carboxylic acids is 1. The number of rotatable bonds is 5. The summed E-state index contributed by atoms with van der Waals surface area (Å²) < 4.78 is 0. The van der Waals surface area contributed by atoms with E-state index in [2.05, 4.69) is 10.3 Å². The first-order valence-corrected chi connectivity index (χ1v) is 7.37. The van der Waals surface area contributed by atoms with Crippen LogP contribution in [-0.2, 0) is 11.2 Å². The lowest BCUT2D eigenvalue weighted by Crippen LogP contribution is -2.38. The van der Waals surface area contributed by atoms with E-state index in [1.54, 1.807) is 5.38 Å². The molecule has 6 heteroatoms. The molecule has 110 valence electrons. The lowest BCUT2D eigenvalue weighted by molar-refractivity contribution is -0.138. The van der Waals surface area contributed by atoms with E-state index >= 15 is 0 Å². The molecule has 21 heavy (non-hydrogen) atoms. The van der Waals surface area contributed by atoms with Crippen LogP contribution in [0.2, 0.25) is 0 Å². The number of aliphatic carboxylic acids is 1. The molecular weight excluding hydrogens is 288 g/mol. The van der Waals surface area contributed by atoms with Gasteiger partial charge in [0, 0.05) is 11.8 Å². The van der Waals surface area contributed by atoms with Crippen molar-refractivity contribution in [3.05, 3.63) is 51.5 Å². The number of thiazole rings is 1. The molecule has 0 fully saturated rings. The molecule has 1 atom stereocenters. The third-order valence-corrected chi connectivity index (χ3v) is 3.83. The minimum absolute atomic E-state index is 0.259. The summed E-state index contributed by atoms with van der Waals surface area (Å²) in [5, 5.41) is 13.6. The van der Waals surface area contributed by atoms with Gasteiger partial charge in [-0.3, -0.25) is 9.59 Å². The van der Waals surface area contributed by atoms with E-state index in [1.807, 2.05) is 31.2 Å². The number of hydrogen-bond acceptors (Lipinski definition) is 4. The Labute approximate surface area is 126 Å². The summed E-state index contributed by atoms with van der Waals surface area (Å²) in [6, 6.07) is 7.20. The van der Waals surface area contributed by atoms with Crippen LogP contribution in [0.3, 0.4) is 0 Å². The normalized spacial score (nSPS) is 11.9. The Kier molecular flexibility index (Phi) is 4.70. The maximum atomic E-state index is 11.8. The van der Waals surface area contributed by atoms with E-state index < -0.39 is 17.9 Å². The van der Waals surface area contributed by atoms with E-state index in [1.165, 1.54) is 23.8 Å². The van der Waals surface area contributed by atoms with Crippen LogP contribution in [0, 0.1) is 6.92 Å².